The Labute approximate surface area is 277 Å². The summed E-state index contributed by atoms with van der Waals surface area (Å²) < 4.78 is 36.1. The van der Waals surface area contributed by atoms with Crippen molar-refractivity contribution in [2.75, 3.05) is 24.0 Å². The minimum Gasteiger partial charge on any atom is -0.448 e. The molecule has 5 aromatic rings. The van der Waals surface area contributed by atoms with E-state index in [1.165, 1.54) is 15.4 Å². The van der Waals surface area contributed by atoms with E-state index in [4.69, 9.17) is 4.74 Å². The lowest BCUT2D eigenvalue weighted by Gasteiger charge is -2.39. The maximum Gasteiger partial charge on any atom is 0.409 e. The van der Waals surface area contributed by atoms with Crippen molar-refractivity contribution in [1.29, 1.82) is 0 Å². The molecule has 0 radical (unpaired) electrons. The Bertz CT molecular complexity index is 1820. The Morgan fingerprint density at radius 1 is 0.809 bits per heavy atom. The van der Waals surface area contributed by atoms with Gasteiger partial charge in [-0.1, -0.05) is 97.1 Å². The van der Waals surface area contributed by atoms with Crippen LogP contribution in [0.2, 0.25) is 0 Å². The van der Waals surface area contributed by atoms with Gasteiger partial charge in [0, 0.05) is 49.8 Å². The second kappa shape index (κ2) is 14.8. The number of amides is 1. The van der Waals surface area contributed by atoms with Crippen molar-refractivity contribution < 1.29 is 17.9 Å². The first kappa shape index (κ1) is 32.2. The largest absolute Gasteiger partial charge is 0.448 e. The average Bonchev–Trinajstić information content (AvgIpc) is 3.11. The van der Waals surface area contributed by atoms with Gasteiger partial charge in [0.05, 0.1) is 11.2 Å². The number of piperidine rings is 1. The Morgan fingerprint density at radius 2 is 1.38 bits per heavy atom. The third kappa shape index (κ3) is 7.64. The number of pyridine rings is 1. The van der Waals surface area contributed by atoms with Gasteiger partial charge in [-0.05, 0) is 55.2 Å². The van der Waals surface area contributed by atoms with E-state index in [0.29, 0.717) is 37.1 Å². The molecule has 8 nitrogen and oxygen atoms in total. The number of carbonyl (C=O) groups is 1. The maximum absolute atomic E-state index is 14.3. The summed E-state index contributed by atoms with van der Waals surface area (Å²) in [5, 5.41) is 0.763. The fourth-order valence-electron chi connectivity index (χ4n) is 6.19. The van der Waals surface area contributed by atoms with E-state index < -0.39 is 10.0 Å². The summed E-state index contributed by atoms with van der Waals surface area (Å²) in [6.07, 6.45) is 2.19. The van der Waals surface area contributed by atoms with Crippen LogP contribution < -0.4 is 4.31 Å². The number of hydrogen-bond donors (Lipinski definition) is 0. The maximum atomic E-state index is 14.3. The van der Waals surface area contributed by atoms with Crippen LogP contribution in [0, 0.1) is 0 Å². The number of sulfonamides is 1. The van der Waals surface area contributed by atoms with E-state index >= 15 is 0 Å². The molecule has 1 unspecified atom stereocenters. The lowest BCUT2D eigenvalue weighted by molar-refractivity contribution is 0.0592. The lowest BCUT2D eigenvalue weighted by Crippen LogP contribution is -2.49. The van der Waals surface area contributed by atoms with Crippen LogP contribution in [0.4, 0.5) is 10.5 Å². The van der Waals surface area contributed by atoms with Gasteiger partial charge in [-0.2, -0.15) is 0 Å². The SMILES string of the molecule is CC(COC(=O)N1CCC(N(c2ccccc2)S(=O)(=O)c2cccc3cccnc23)CC1)N(Cc1ccccc1)Cc1ccccc1. The number of rotatable bonds is 11. The molecule has 242 valence electrons. The normalized spacial score (nSPS) is 14.6. The second-order valence-electron chi connectivity index (χ2n) is 12.0. The first-order valence-electron chi connectivity index (χ1n) is 16.1. The summed E-state index contributed by atoms with van der Waals surface area (Å²) in [5.41, 5.74) is 3.42. The number of fused-ring (bicyclic) bond motifs is 1. The van der Waals surface area contributed by atoms with Crippen molar-refractivity contribution in [1.82, 2.24) is 14.8 Å². The summed E-state index contributed by atoms with van der Waals surface area (Å²) in [4.78, 5) is 21.9. The zero-order valence-electron chi connectivity index (χ0n) is 26.6. The van der Waals surface area contributed by atoms with E-state index in [0.717, 1.165) is 18.5 Å². The molecule has 0 bridgehead atoms. The van der Waals surface area contributed by atoms with Crippen molar-refractivity contribution in [2.45, 2.75) is 49.8 Å². The topological polar surface area (TPSA) is 83.0 Å². The number of ether oxygens (including phenoxy) is 1. The van der Waals surface area contributed by atoms with Crippen LogP contribution in [0.15, 0.2) is 132 Å². The smallest absolute Gasteiger partial charge is 0.409 e. The van der Waals surface area contributed by atoms with Gasteiger partial charge >= 0.3 is 6.09 Å². The molecular weight excluding hydrogens is 609 g/mol. The van der Waals surface area contributed by atoms with Crippen LogP contribution >= 0.6 is 0 Å². The molecule has 1 fully saturated rings. The summed E-state index contributed by atoms with van der Waals surface area (Å²) in [6, 6.07) is 38.3. The molecule has 1 saturated heterocycles. The third-order valence-corrected chi connectivity index (χ3v) is 10.6. The van der Waals surface area contributed by atoms with Crippen LogP contribution in [0.5, 0.6) is 0 Å². The molecule has 1 amide bonds. The zero-order chi connectivity index (χ0) is 32.6. The number of hydrogen-bond acceptors (Lipinski definition) is 6. The highest BCUT2D eigenvalue weighted by atomic mass is 32.2. The van der Waals surface area contributed by atoms with E-state index in [9.17, 15) is 13.2 Å². The van der Waals surface area contributed by atoms with Crippen LogP contribution in [0.3, 0.4) is 0 Å². The van der Waals surface area contributed by atoms with E-state index in [1.54, 1.807) is 29.3 Å². The standard InChI is InChI=1S/C38H40N4O4S/c1-30(41(27-31-13-5-2-6-14-31)28-32-15-7-3-8-16-32)29-46-38(43)40-25-22-35(23-26-40)42(34-19-9-4-10-20-34)47(44,45)36-21-11-17-33-18-12-24-39-37(33)36/h2-21,24,30,35H,22-23,25-29H2,1H3. The molecule has 9 heteroatoms. The van der Waals surface area contributed by atoms with Crippen molar-refractivity contribution in [2.24, 2.45) is 0 Å². The Hall–Kier alpha value is -4.73. The minimum atomic E-state index is -3.97. The molecular formula is C38H40N4O4S. The van der Waals surface area contributed by atoms with Gasteiger partial charge in [-0.3, -0.25) is 14.2 Å². The fraction of sp³-hybridized carbons (Fsp3) is 0.263. The number of anilines is 1. The molecule has 6 rings (SSSR count). The first-order chi connectivity index (χ1) is 22.9. The third-order valence-electron chi connectivity index (χ3n) is 8.73. The number of benzene rings is 4. The second-order valence-corrected chi connectivity index (χ2v) is 13.8. The lowest BCUT2D eigenvalue weighted by atomic mass is 10.0. The van der Waals surface area contributed by atoms with Gasteiger partial charge in [0.2, 0.25) is 0 Å². The van der Waals surface area contributed by atoms with E-state index in [2.05, 4.69) is 41.1 Å². The van der Waals surface area contributed by atoms with Gasteiger partial charge < -0.3 is 9.64 Å². The number of aromatic nitrogens is 1. The molecule has 0 N–H and O–H groups in total. The van der Waals surface area contributed by atoms with E-state index in [1.807, 2.05) is 78.9 Å². The van der Waals surface area contributed by atoms with Crippen molar-refractivity contribution >= 4 is 32.7 Å². The van der Waals surface area contributed by atoms with Crippen LogP contribution in [0.1, 0.15) is 30.9 Å². The molecule has 4 aromatic carbocycles. The van der Waals surface area contributed by atoms with Crippen LogP contribution in [-0.4, -0.2) is 61.1 Å². The summed E-state index contributed by atoms with van der Waals surface area (Å²) in [6.45, 7) is 4.57. The van der Waals surface area contributed by atoms with Crippen molar-refractivity contribution in [3.05, 3.63) is 139 Å². The highest BCUT2D eigenvalue weighted by molar-refractivity contribution is 7.93. The van der Waals surface area contributed by atoms with Gasteiger partial charge in [0.1, 0.15) is 11.5 Å². The van der Waals surface area contributed by atoms with Crippen molar-refractivity contribution in [3.8, 4) is 0 Å². The quantitative estimate of drug-likeness (QED) is 0.152. The highest BCUT2D eigenvalue weighted by Gasteiger charge is 2.36. The van der Waals surface area contributed by atoms with Gasteiger partial charge in [-0.15, -0.1) is 0 Å². The molecule has 47 heavy (non-hydrogen) atoms. The molecule has 1 atom stereocenters. The molecule has 1 aliphatic heterocycles. The Kier molecular flexibility index (Phi) is 10.1. The number of nitrogens with zero attached hydrogens (tertiary/aromatic N) is 4. The predicted molar refractivity (Wildman–Crippen MR) is 185 cm³/mol. The highest BCUT2D eigenvalue weighted by Crippen LogP contribution is 2.33. The van der Waals surface area contributed by atoms with Gasteiger partial charge in [0.25, 0.3) is 10.0 Å². The van der Waals surface area contributed by atoms with Gasteiger partial charge in [0.15, 0.2) is 0 Å². The summed E-state index contributed by atoms with van der Waals surface area (Å²) in [7, 11) is -3.97. The van der Waals surface area contributed by atoms with Crippen molar-refractivity contribution in [3.63, 3.8) is 0 Å². The number of likely N-dealkylation sites (tertiary alicyclic amines) is 1. The number of para-hydroxylation sites is 2. The Morgan fingerprint density at radius 3 is 2.00 bits per heavy atom. The summed E-state index contributed by atoms with van der Waals surface area (Å²) in [5.74, 6) is 0. The molecule has 1 aromatic heterocycles. The van der Waals surface area contributed by atoms with Crippen LogP contribution in [-0.2, 0) is 27.8 Å². The fourth-order valence-corrected chi connectivity index (χ4v) is 8.07. The molecule has 1 aliphatic rings. The number of carbonyl (C=O) groups excluding carboxylic acids is 1. The summed E-state index contributed by atoms with van der Waals surface area (Å²) >= 11 is 0. The molecule has 0 aliphatic carbocycles. The molecule has 0 saturated carbocycles. The minimum absolute atomic E-state index is 0.0232. The van der Waals surface area contributed by atoms with Gasteiger partial charge in [-0.25, -0.2) is 13.2 Å². The van der Waals surface area contributed by atoms with Crippen LogP contribution in [0.25, 0.3) is 10.9 Å². The average molecular weight is 649 g/mol. The molecule has 2 heterocycles. The molecule has 0 spiro atoms. The monoisotopic (exact) mass is 648 g/mol. The van der Waals surface area contributed by atoms with E-state index in [-0.39, 0.29) is 29.7 Å². The predicted octanol–water partition coefficient (Wildman–Crippen LogP) is 7.12. The Balaban J connectivity index is 1.13. The first-order valence-corrected chi connectivity index (χ1v) is 17.5. The zero-order valence-corrected chi connectivity index (χ0v) is 27.4.